The third-order valence-corrected chi connectivity index (χ3v) is 6.19. The Morgan fingerprint density at radius 1 is 1.00 bits per heavy atom. The average Bonchev–Trinajstić information content (AvgIpc) is 3.20. The number of carbonyl (C=O) groups is 1. The number of benzene rings is 2. The first kappa shape index (κ1) is 19.6. The van der Waals surface area contributed by atoms with Crippen molar-refractivity contribution < 1.29 is 18.0 Å². The smallest absolute Gasteiger partial charge is 0.226 e. The molecule has 1 aliphatic heterocycles. The summed E-state index contributed by atoms with van der Waals surface area (Å²) in [6, 6.07) is 9.35. The lowest BCUT2D eigenvalue weighted by Gasteiger charge is -2.31. The number of carbonyl (C=O) groups excluding carboxylic acids is 1. The molecule has 1 amide bonds. The first-order chi connectivity index (χ1) is 14.0. The molecule has 29 heavy (non-hydrogen) atoms. The number of aromatic nitrogens is 2. The summed E-state index contributed by atoms with van der Waals surface area (Å²) in [6.07, 6.45) is 1.74. The highest BCUT2D eigenvalue weighted by Crippen LogP contribution is 2.34. The summed E-state index contributed by atoms with van der Waals surface area (Å²) in [6.45, 7) is 1.20. The van der Waals surface area contributed by atoms with E-state index in [1.165, 1.54) is 35.6 Å². The maximum absolute atomic E-state index is 14.0. The van der Waals surface area contributed by atoms with E-state index in [0.717, 1.165) is 29.5 Å². The van der Waals surface area contributed by atoms with Crippen LogP contribution in [0.25, 0.3) is 10.6 Å². The molecule has 4 rings (SSSR count). The maximum atomic E-state index is 14.0. The third-order valence-electron chi connectivity index (χ3n) is 5.07. The Balaban J connectivity index is 1.36. The molecule has 0 saturated carbocycles. The molecule has 0 N–H and O–H groups in total. The highest BCUT2D eigenvalue weighted by Gasteiger charge is 2.26. The fourth-order valence-corrected chi connectivity index (χ4v) is 4.48. The fraction of sp³-hybridized carbons (Fsp3) is 0.286. The Labute approximate surface area is 170 Å². The molecule has 0 aliphatic carbocycles. The minimum Gasteiger partial charge on any atom is -0.342 e. The van der Waals surface area contributed by atoms with Crippen LogP contribution in [0.2, 0.25) is 0 Å². The normalized spacial score (nSPS) is 14.9. The molecular formula is C21H18F3N3OS. The summed E-state index contributed by atoms with van der Waals surface area (Å²) in [5, 5.41) is 9.48. The highest BCUT2D eigenvalue weighted by atomic mass is 32.1. The largest absolute Gasteiger partial charge is 0.342 e. The number of hydrogen-bond donors (Lipinski definition) is 0. The number of halogens is 3. The molecule has 4 nitrogen and oxygen atoms in total. The van der Waals surface area contributed by atoms with Crippen LogP contribution in [0.1, 0.15) is 29.3 Å². The number of likely N-dealkylation sites (tertiary alicyclic amines) is 1. The van der Waals surface area contributed by atoms with Gasteiger partial charge in [0.2, 0.25) is 5.91 Å². The van der Waals surface area contributed by atoms with Crippen LogP contribution in [-0.2, 0) is 11.2 Å². The van der Waals surface area contributed by atoms with E-state index < -0.39 is 11.6 Å². The van der Waals surface area contributed by atoms with E-state index in [9.17, 15) is 18.0 Å². The van der Waals surface area contributed by atoms with Gasteiger partial charge in [0.25, 0.3) is 0 Å². The predicted octanol–water partition coefficient (Wildman–Crippen LogP) is 4.57. The van der Waals surface area contributed by atoms with E-state index in [2.05, 4.69) is 10.2 Å². The first-order valence-electron chi connectivity index (χ1n) is 9.30. The Hall–Kier alpha value is -2.74. The summed E-state index contributed by atoms with van der Waals surface area (Å²) < 4.78 is 40.0. The molecular weight excluding hydrogens is 399 g/mol. The van der Waals surface area contributed by atoms with Crippen LogP contribution in [0.4, 0.5) is 13.2 Å². The summed E-state index contributed by atoms with van der Waals surface area (Å²) in [4.78, 5) is 14.3. The molecule has 2 heterocycles. The fourth-order valence-electron chi connectivity index (χ4n) is 3.44. The van der Waals surface area contributed by atoms with Crippen molar-refractivity contribution in [2.24, 2.45) is 0 Å². The number of amides is 1. The average molecular weight is 417 g/mol. The van der Waals surface area contributed by atoms with Crippen molar-refractivity contribution in [3.05, 3.63) is 70.5 Å². The molecule has 0 unspecified atom stereocenters. The summed E-state index contributed by atoms with van der Waals surface area (Å²) >= 11 is 1.30. The zero-order chi connectivity index (χ0) is 20.4. The lowest BCUT2D eigenvalue weighted by atomic mass is 9.97. The van der Waals surface area contributed by atoms with E-state index in [-0.39, 0.29) is 29.6 Å². The molecule has 150 valence electrons. The second-order valence-corrected chi connectivity index (χ2v) is 8.04. The number of nitrogens with zero attached hydrogens (tertiary/aromatic N) is 3. The van der Waals surface area contributed by atoms with Crippen molar-refractivity contribution in [2.75, 3.05) is 13.1 Å². The van der Waals surface area contributed by atoms with Gasteiger partial charge in [-0.05, 0) is 42.7 Å². The number of hydrogen-bond acceptors (Lipinski definition) is 4. The van der Waals surface area contributed by atoms with Gasteiger partial charge in [-0.2, -0.15) is 0 Å². The van der Waals surface area contributed by atoms with E-state index in [1.807, 2.05) is 0 Å². The van der Waals surface area contributed by atoms with Gasteiger partial charge in [-0.15, -0.1) is 10.2 Å². The van der Waals surface area contributed by atoms with Crippen molar-refractivity contribution in [1.29, 1.82) is 0 Å². The quantitative estimate of drug-likeness (QED) is 0.625. The molecule has 2 aromatic carbocycles. The van der Waals surface area contributed by atoms with E-state index >= 15 is 0 Å². The standard InChI is InChI=1S/C21H18F3N3OS/c22-15-3-1-13(2-4-15)11-19(28)27-9-7-14(8-10-27)20-25-26-21(29-20)17-6-5-16(23)12-18(17)24/h1-6,12,14H,7-11H2. The van der Waals surface area contributed by atoms with E-state index in [1.54, 1.807) is 17.0 Å². The van der Waals surface area contributed by atoms with Crippen molar-refractivity contribution in [2.45, 2.75) is 25.2 Å². The molecule has 0 radical (unpaired) electrons. The Morgan fingerprint density at radius 3 is 2.38 bits per heavy atom. The molecule has 1 aliphatic rings. The van der Waals surface area contributed by atoms with Crippen molar-refractivity contribution >= 4 is 17.2 Å². The molecule has 0 spiro atoms. The van der Waals surface area contributed by atoms with Crippen LogP contribution in [0.5, 0.6) is 0 Å². The van der Waals surface area contributed by atoms with Gasteiger partial charge in [-0.25, -0.2) is 13.2 Å². The monoisotopic (exact) mass is 417 g/mol. The van der Waals surface area contributed by atoms with Gasteiger partial charge >= 0.3 is 0 Å². The first-order valence-corrected chi connectivity index (χ1v) is 10.1. The van der Waals surface area contributed by atoms with Gasteiger partial charge in [0, 0.05) is 30.6 Å². The Bertz CT molecular complexity index is 1010. The highest BCUT2D eigenvalue weighted by molar-refractivity contribution is 7.14. The van der Waals surface area contributed by atoms with E-state index in [0.29, 0.717) is 18.1 Å². The lowest BCUT2D eigenvalue weighted by molar-refractivity contribution is -0.131. The Morgan fingerprint density at radius 2 is 1.69 bits per heavy atom. The number of rotatable bonds is 4. The lowest BCUT2D eigenvalue weighted by Crippen LogP contribution is -2.38. The van der Waals surface area contributed by atoms with E-state index in [4.69, 9.17) is 0 Å². The van der Waals surface area contributed by atoms with Crippen LogP contribution in [0.15, 0.2) is 42.5 Å². The zero-order valence-corrected chi connectivity index (χ0v) is 16.3. The maximum Gasteiger partial charge on any atom is 0.226 e. The molecule has 8 heteroatoms. The summed E-state index contributed by atoms with van der Waals surface area (Å²) in [5.74, 6) is -1.44. The topological polar surface area (TPSA) is 46.1 Å². The zero-order valence-electron chi connectivity index (χ0n) is 15.4. The van der Waals surface area contributed by atoms with Crippen LogP contribution in [0.3, 0.4) is 0 Å². The second-order valence-electron chi connectivity index (χ2n) is 7.03. The van der Waals surface area contributed by atoms with Crippen LogP contribution < -0.4 is 0 Å². The number of piperidine rings is 1. The van der Waals surface area contributed by atoms with Gasteiger partial charge in [0.15, 0.2) is 5.01 Å². The minimum atomic E-state index is -0.658. The van der Waals surface area contributed by atoms with Gasteiger partial charge in [0.05, 0.1) is 6.42 Å². The van der Waals surface area contributed by atoms with Crippen molar-refractivity contribution in [3.8, 4) is 10.6 Å². The van der Waals surface area contributed by atoms with Gasteiger partial charge in [-0.3, -0.25) is 4.79 Å². The van der Waals surface area contributed by atoms with Crippen LogP contribution in [0, 0.1) is 17.5 Å². The summed E-state index contributed by atoms with van der Waals surface area (Å²) in [5.41, 5.74) is 1.02. The molecule has 3 aromatic rings. The predicted molar refractivity (Wildman–Crippen MR) is 104 cm³/mol. The molecule has 0 atom stereocenters. The van der Waals surface area contributed by atoms with Gasteiger partial charge in [-0.1, -0.05) is 23.5 Å². The van der Waals surface area contributed by atoms with Gasteiger partial charge in [0.1, 0.15) is 22.5 Å². The Kier molecular flexibility index (Phi) is 5.62. The third kappa shape index (κ3) is 4.48. The van der Waals surface area contributed by atoms with Crippen LogP contribution in [-0.4, -0.2) is 34.1 Å². The molecule has 1 aromatic heterocycles. The second kappa shape index (κ2) is 8.32. The molecule has 0 bridgehead atoms. The van der Waals surface area contributed by atoms with Crippen molar-refractivity contribution in [3.63, 3.8) is 0 Å². The van der Waals surface area contributed by atoms with Crippen LogP contribution >= 0.6 is 11.3 Å². The van der Waals surface area contributed by atoms with Crippen molar-refractivity contribution in [1.82, 2.24) is 15.1 Å². The molecule has 1 fully saturated rings. The minimum absolute atomic E-state index is 0.0152. The SMILES string of the molecule is O=C(Cc1ccc(F)cc1)N1CCC(c2nnc(-c3ccc(F)cc3F)s2)CC1. The summed E-state index contributed by atoms with van der Waals surface area (Å²) in [7, 11) is 0. The molecule has 1 saturated heterocycles. The van der Waals surface area contributed by atoms with Gasteiger partial charge < -0.3 is 4.90 Å².